The largest absolute Gasteiger partial charge is 0.487 e. The number of rotatable bonds is 2. The second-order valence-corrected chi connectivity index (χ2v) is 8.67. The van der Waals surface area contributed by atoms with Gasteiger partial charge in [-0.1, -0.05) is 72.8 Å². The maximum Gasteiger partial charge on any atom is 0.161 e. The molecule has 1 heterocycles. The summed E-state index contributed by atoms with van der Waals surface area (Å²) in [5.74, 6) is 2.71. The van der Waals surface area contributed by atoms with Crippen molar-refractivity contribution in [3.05, 3.63) is 97.1 Å². The Bertz CT molecular complexity index is 1170. The van der Waals surface area contributed by atoms with Crippen LogP contribution < -0.4 is 18.9 Å². The quantitative estimate of drug-likeness (QED) is 0.315. The van der Waals surface area contributed by atoms with Gasteiger partial charge in [-0.2, -0.15) is 0 Å². The highest BCUT2D eigenvalue weighted by Gasteiger charge is 2.11. The van der Waals surface area contributed by atoms with E-state index in [0.29, 0.717) is 75.9 Å². The highest BCUT2D eigenvalue weighted by Crippen LogP contribution is 2.34. The van der Waals surface area contributed by atoms with Crippen molar-refractivity contribution in [1.82, 2.24) is 0 Å². The molecule has 6 heteroatoms. The van der Waals surface area contributed by atoms with Crippen LogP contribution in [0.3, 0.4) is 0 Å². The Kier molecular flexibility index (Phi) is 9.12. The molecule has 0 unspecified atom stereocenters. The zero-order valence-corrected chi connectivity index (χ0v) is 21.3. The number of hydrogen-bond acceptors (Lipinski definition) is 6. The molecule has 38 heavy (non-hydrogen) atoms. The van der Waals surface area contributed by atoms with Crippen molar-refractivity contribution in [2.45, 2.75) is 0 Å². The van der Waals surface area contributed by atoms with Crippen LogP contribution in [0, 0.1) is 0 Å². The molecule has 0 fully saturated rings. The summed E-state index contributed by atoms with van der Waals surface area (Å²) in [6.45, 7) is 3.30. The fourth-order valence-electron chi connectivity index (χ4n) is 4.15. The third kappa shape index (κ3) is 7.06. The second-order valence-electron chi connectivity index (χ2n) is 8.67. The summed E-state index contributed by atoms with van der Waals surface area (Å²) in [6.07, 6.45) is 0. The molecule has 0 aromatic heterocycles. The first-order valence-corrected chi connectivity index (χ1v) is 12.9. The van der Waals surface area contributed by atoms with E-state index in [9.17, 15) is 0 Å². The molecule has 0 amide bonds. The highest BCUT2D eigenvalue weighted by molar-refractivity contribution is 5.68. The summed E-state index contributed by atoms with van der Waals surface area (Å²) in [7, 11) is 0. The zero-order chi connectivity index (χ0) is 25.8. The van der Waals surface area contributed by atoms with Gasteiger partial charge < -0.3 is 28.4 Å². The van der Waals surface area contributed by atoms with Crippen LogP contribution in [-0.2, 0) is 9.47 Å². The van der Waals surface area contributed by atoms with Crippen molar-refractivity contribution in [3.8, 4) is 45.3 Å². The van der Waals surface area contributed by atoms with Crippen LogP contribution in [0.4, 0.5) is 0 Å². The van der Waals surface area contributed by atoms with E-state index in [1.54, 1.807) is 0 Å². The van der Waals surface area contributed by atoms with Crippen LogP contribution in [0.25, 0.3) is 22.3 Å². The number of ether oxygens (including phenoxy) is 6. The lowest BCUT2D eigenvalue weighted by molar-refractivity contribution is 0.0640. The topological polar surface area (TPSA) is 55.4 Å². The Balaban J connectivity index is 1.24. The fraction of sp³-hybridized carbons (Fsp3) is 0.250. The van der Waals surface area contributed by atoms with E-state index in [0.717, 1.165) is 22.3 Å². The summed E-state index contributed by atoms with van der Waals surface area (Å²) in [5, 5.41) is 0. The highest BCUT2D eigenvalue weighted by atomic mass is 16.6. The summed E-state index contributed by atoms with van der Waals surface area (Å²) in [4.78, 5) is 0. The lowest BCUT2D eigenvalue weighted by Crippen LogP contribution is -2.15. The minimum atomic E-state index is 0.394. The molecule has 0 saturated carbocycles. The SMILES string of the molecule is c1ccc(-c2ccc3c(c2)OCCOCCOc2ccc(-c4ccccc4)cc2OCCOCCO3)cc1. The van der Waals surface area contributed by atoms with Gasteiger partial charge in [0.15, 0.2) is 23.0 Å². The molecule has 0 atom stereocenters. The van der Waals surface area contributed by atoms with E-state index in [1.807, 2.05) is 72.8 Å². The Morgan fingerprint density at radius 2 is 0.684 bits per heavy atom. The van der Waals surface area contributed by atoms with Crippen LogP contribution in [-0.4, -0.2) is 52.9 Å². The molecule has 6 nitrogen and oxygen atoms in total. The van der Waals surface area contributed by atoms with E-state index >= 15 is 0 Å². The Morgan fingerprint density at radius 1 is 0.316 bits per heavy atom. The van der Waals surface area contributed by atoms with Crippen molar-refractivity contribution < 1.29 is 28.4 Å². The molecule has 0 saturated heterocycles. The fourth-order valence-corrected chi connectivity index (χ4v) is 4.15. The van der Waals surface area contributed by atoms with E-state index in [-0.39, 0.29) is 0 Å². The van der Waals surface area contributed by atoms with Crippen LogP contribution in [0.15, 0.2) is 97.1 Å². The average molecular weight is 513 g/mol. The van der Waals surface area contributed by atoms with Gasteiger partial charge in [-0.25, -0.2) is 0 Å². The lowest BCUT2D eigenvalue weighted by Gasteiger charge is -2.17. The van der Waals surface area contributed by atoms with E-state index in [4.69, 9.17) is 28.4 Å². The summed E-state index contributed by atoms with van der Waals surface area (Å²) in [6, 6.07) is 32.3. The Labute approximate surface area is 223 Å². The number of benzene rings is 4. The van der Waals surface area contributed by atoms with Crippen molar-refractivity contribution in [2.75, 3.05) is 52.9 Å². The van der Waals surface area contributed by atoms with Crippen LogP contribution in [0.5, 0.6) is 23.0 Å². The Morgan fingerprint density at radius 3 is 1.08 bits per heavy atom. The first-order valence-electron chi connectivity index (χ1n) is 12.9. The van der Waals surface area contributed by atoms with Gasteiger partial charge in [-0.05, 0) is 46.5 Å². The van der Waals surface area contributed by atoms with E-state index in [1.165, 1.54) is 0 Å². The zero-order valence-electron chi connectivity index (χ0n) is 21.3. The normalized spacial score (nSPS) is 15.2. The first-order chi connectivity index (χ1) is 18.9. The summed E-state index contributed by atoms with van der Waals surface area (Å²) in [5.41, 5.74) is 4.36. The van der Waals surface area contributed by atoms with Gasteiger partial charge in [0.05, 0.1) is 26.4 Å². The summed E-state index contributed by atoms with van der Waals surface area (Å²) >= 11 is 0. The molecule has 196 valence electrons. The van der Waals surface area contributed by atoms with Crippen molar-refractivity contribution >= 4 is 0 Å². The molecule has 0 N–H and O–H groups in total. The molecule has 1 aliphatic rings. The second kappa shape index (κ2) is 13.5. The maximum atomic E-state index is 6.06. The van der Waals surface area contributed by atoms with Crippen molar-refractivity contribution in [2.24, 2.45) is 0 Å². The van der Waals surface area contributed by atoms with Gasteiger partial charge in [0.1, 0.15) is 26.4 Å². The molecular formula is C32H32O6. The van der Waals surface area contributed by atoms with Crippen molar-refractivity contribution in [1.29, 1.82) is 0 Å². The van der Waals surface area contributed by atoms with Crippen LogP contribution in [0.2, 0.25) is 0 Å². The lowest BCUT2D eigenvalue weighted by atomic mass is 10.1. The minimum absolute atomic E-state index is 0.394. The summed E-state index contributed by atoms with van der Waals surface area (Å²) < 4.78 is 35.6. The van der Waals surface area contributed by atoms with E-state index < -0.39 is 0 Å². The van der Waals surface area contributed by atoms with Crippen LogP contribution in [0.1, 0.15) is 0 Å². The van der Waals surface area contributed by atoms with Gasteiger partial charge in [0.2, 0.25) is 0 Å². The standard InChI is InChI=1S/C32H32O6/c1-3-7-25(8-4-1)27-11-13-29-31(23-27)37-21-17-33-16-20-36-30-14-12-28(26-9-5-2-6-10-26)24-32(30)38-22-18-34-15-19-35-29/h1-14,23-24H,15-22H2. The monoisotopic (exact) mass is 512 g/mol. The molecule has 0 bridgehead atoms. The molecule has 0 aliphatic carbocycles. The molecule has 4 aromatic carbocycles. The van der Waals surface area contributed by atoms with Gasteiger partial charge >= 0.3 is 0 Å². The molecule has 5 rings (SSSR count). The molecule has 1 aliphatic heterocycles. The van der Waals surface area contributed by atoms with Crippen molar-refractivity contribution in [3.63, 3.8) is 0 Å². The molecule has 0 radical (unpaired) electrons. The Hall–Kier alpha value is -4.00. The van der Waals surface area contributed by atoms with Crippen LogP contribution >= 0.6 is 0 Å². The first kappa shape index (κ1) is 25.6. The van der Waals surface area contributed by atoms with Gasteiger partial charge in [0.25, 0.3) is 0 Å². The average Bonchev–Trinajstić information content (AvgIpc) is 2.97. The van der Waals surface area contributed by atoms with Gasteiger partial charge in [-0.3, -0.25) is 0 Å². The number of fused-ring (bicyclic) bond motifs is 2. The van der Waals surface area contributed by atoms with E-state index in [2.05, 4.69) is 24.3 Å². The number of hydrogen-bond donors (Lipinski definition) is 0. The predicted octanol–water partition coefficient (Wildman–Crippen LogP) is 6.28. The smallest absolute Gasteiger partial charge is 0.161 e. The molecular weight excluding hydrogens is 480 g/mol. The predicted molar refractivity (Wildman–Crippen MR) is 147 cm³/mol. The molecule has 0 spiro atoms. The third-order valence-corrected chi connectivity index (χ3v) is 6.04. The minimum Gasteiger partial charge on any atom is -0.487 e. The molecule has 4 aromatic rings. The van der Waals surface area contributed by atoms with Gasteiger partial charge in [0, 0.05) is 0 Å². The third-order valence-electron chi connectivity index (χ3n) is 6.04. The van der Waals surface area contributed by atoms with Gasteiger partial charge in [-0.15, -0.1) is 0 Å². The maximum absolute atomic E-state index is 6.06.